The molecule has 0 bridgehead atoms. The summed E-state index contributed by atoms with van der Waals surface area (Å²) >= 11 is 0. The standard InChI is InChI=1S/C22H28FN5O4/c1-21(2,3)32-20(31)28-10-8-27(9-11-28)18(29)15-4-5-17(16(23)12-15)26-19(30)25-14-22(13-24)6-7-22/h4-5,12H,6-11,14H2,1-3H3,(H2,25,26,30). The molecule has 4 amide bonds. The Bertz CT molecular complexity index is 941. The zero-order valence-electron chi connectivity index (χ0n) is 18.5. The highest BCUT2D eigenvalue weighted by Crippen LogP contribution is 2.44. The van der Waals surface area contributed by atoms with Gasteiger partial charge in [0.1, 0.15) is 11.4 Å². The highest BCUT2D eigenvalue weighted by atomic mass is 19.1. The molecule has 1 aliphatic heterocycles. The fourth-order valence-corrected chi connectivity index (χ4v) is 3.25. The monoisotopic (exact) mass is 445 g/mol. The molecule has 1 aromatic carbocycles. The number of carbonyl (C=O) groups is 3. The van der Waals surface area contributed by atoms with Gasteiger partial charge in [0.25, 0.3) is 5.91 Å². The average Bonchev–Trinajstić information content (AvgIpc) is 3.53. The van der Waals surface area contributed by atoms with Crippen LogP contribution in [0.5, 0.6) is 0 Å². The highest BCUT2D eigenvalue weighted by molar-refractivity contribution is 5.96. The van der Waals surface area contributed by atoms with Gasteiger partial charge < -0.3 is 25.2 Å². The van der Waals surface area contributed by atoms with Gasteiger partial charge in [0.05, 0.1) is 17.2 Å². The van der Waals surface area contributed by atoms with E-state index in [4.69, 9.17) is 10.00 Å². The minimum Gasteiger partial charge on any atom is -0.444 e. The van der Waals surface area contributed by atoms with Gasteiger partial charge in [-0.15, -0.1) is 0 Å². The molecule has 1 aliphatic carbocycles. The van der Waals surface area contributed by atoms with E-state index in [0.29, 0.717) is 26.2 Å². The van der Waals surface area contributed by atoms with Gasteiger partial charge >= 0.3 is 12.1 Å². The number of nitrogens with one attached hydrogen (secondary N) is 2. The average molecular weight is 445 g/mol. The summed E-state index contributed by atoms with van der Waals surface area (Å²) in [6.07, 6.45) is 1.05. The quantitative estimate of drug-likeness (QED) is 0.740. The fourth-order valence-electron chi connectivity index (χ4n) is 3.25. The fraction of sp³-hybridized carbons (Fsp3) is 0.545. The minimum atomic E-state index is -0.736. The molecule has 1 aromatic rings. The second-order valence-corrected chi connectivity index (χ2v) is 9.15. The molecule has 0 aromatic heterocycles. The lowest BCUT2D eigenvalue weighted by atomic mass is 10.1. The van der Waals surface area contributed by atoms with Gasteiger partial charge in [-0.05, 0) is 51.8 Å². The van der Waals surface area contributed by atoms with E-state index in [2.05, 4.69) is 16.7 Å². The number of piperazine rings is 1. The maximum Gasteiger partial charge on any atom is 0.410 e. The van der Waals surface area contributed by atoms with Gasteiger partial charge in [0.15, 0.2) is 0 Å². The largest absolute Gasteiger partial charge is 0.444 e. The van der Waals surface area contributed by atoms with E-state index in [1.807, 2.05) is 0 Å². The van der Waals surface area contributed by atoms with E-state index in [1.54, 1.807) is 30.6 Å². The van der Waals surface area contributed by atoms with Crippen LogP contribution in [0.2, 0.25) is 0 Å². The first-order chi connectivity index (χ1) is 15.0. The van der Waals surface area contributed by atoms with Crippen LogP contribution in [0.3, 0.4) is 0 Å². The first kappa shape index (κ1) is 23.3. The summed E-state index contributed by atoms with van der Waals surface area (Å²) in [5.41, 5.74) is -1.00. The van der Waals surface area contributed by atoms with E-state index in [0.717, 1.165) is 18.9 Å². The topological polar surface area (TPSA) is 115 Å². The maximum absolute atomic E-state index is 14.5. The number of nitriles is 1. The molecule has 0 radical (unpaired) electrons. The smallest absolute Gasteiger partial charge is 0.410 e. The van der Waals surface area contributed by atoms with Crippen molar-refractivity contribution in [3.63, 3.8) is 0 Å². The molecule has 0 atom stereocenters. The SMILES string of the molecule is CC(C)(C)OC(=O)N1CCN(C(=O)c2ccc(NC(=O)NCC3(C#N)CC3)c(F)c2)CC1. The Hall–Kier alpha value is -3.35. The Morgan fingerprint density at radius 2 is 1.78 bits per heavy atom. The normalized spacial score (nSPS) is 17.2. The number of hydrogen-bond acceptors (Lipinski definition) is 5. The Labute approximate surface area is 186 Å². The maximum atomic E-state index is 14.5. The van der Waals surface area contributed by atoms with Gasteiger partial charge in [0.2, 0.25) is 0 Å². The number of benzene rings is 1. The highest BCUT2D eigenvalue weighted by Gasteiger charge is 2.43. The summed E-state index contributed by atoms with van der Waals surface area (Å²) in [6.45, 7) is 6.85. The Balaban J connectivity index is 1.52. The van der Waals surface area contributed by atoms with Gasteiger partial charge in [-0.2, -0.15) is 5.26 Å². The molecular formula is C22H28FN5O4. The summed E-state index contributed by atoms with van der Waals surface area (Å²) in [5, 5.41) is 14.0. The van der Waals surface area contributed by atoms with Gasteiger partial charge in [-0.3, -0.25) is 4.79 Å². The van der Waals surface area contributed by atoms with Crippen LogP contribution in [-0.4, -0.2) is 66.2 Å². The van der Waals surface area contributed by atoms with Crippen LogP contribution in [-0.2, 0) is 4.74 Å². The van der Waals surface area contributed by atoms with Crippen LogP contribution in [0, 0.1) is 22.6 Å². The molecule has 9 nitrogen and oxygen atoms in total. The molecule has 0 unspecified atom stereocenters. The minimum absolute atomic E-state index is 0.0596. The lowest BCUT2D eigenvalue weighted by Gasteiger charge is -2.35. The van der Waals surface area contributed by atoms with E-state index in [1.165, 1.54) is 12.1 Å². The van der Waals surface area contributed by atoms with E-state index in [-0.39, 0.29) is 23.7 Å². The third kappa shape index (κ3) is 5.87. The number of amides is 4. The molecule has 2 fully saturated rings. The number of rotatable bonds is 4. The lowest BCUT2D eigenvalue weighted by molar-refractivity contribution is 0.0141. The van der Waals surface area contributed by atoms with Crippen molar-refractivity contribution in [3.8, 4) is 6.07 Å². The van der Waals surface area contributed by atoms with Crippen molar-refractivity contribution >= 4 is 23.7 Å². The second-order valence-electron chi connectivity index (χ2n) is 9.15. The molecule has 2 aliphatic rings. The number of ether oxygens (including phenoxy) is 1. The van der Waals surface area contributed by atoms with Crippen LogP contribution < -0.4 is 10.6 Å². The second kappa shape index (κ2) is 9.02. The van der Waals surface area contributed by atoms with Crippen molar-refractivity contribution in [2.75, 3.05) is 38.0 Å². The first-order valence-corrected chi connectivity index (χ1v) is 10.5. The third-order valence-corrected chi connectivity index (χ3v) is 5.36. The van der Waals surface area contributed by atoms with E-state index < -0.39 is 29.0 Å². The predicted octanol–water partition coefficient (Wildman–Crippen LogP) is 2.94. The van der Waals surface area contributed by atoms with E-state index >= 15 is 0 Å². The van der Waals surface area contributed by atoms with Crippen LogP contribution >= 0.6 is 0 Å². The molecule has 2 N–H and O–H groups in total. The van der Waals surface area contributed by atoms with Crippen LogP contribution in [0.25, 0.3) is 0 Å². The zero-order chi connectivity index (χ0) is 23.5. The summed E-state index contributed by atoms with van der Waals surface area (Å²) < 4.78 is 19.8. The molecule has 0 spiro atoms. The van der Waals surface area contributed by atoms with Crippen molar-refractivity contribution in [2.45, 2.75) is 39.2 Å². The summed E-state index contributed by atoms with van der Waals surface area (Å²) in [7, 11) is 0. The Kier molecular flexibility index (Phi) is 6.57. The molecule has 10 heteroatoms. The van der Waals surface area contributed by atoms with Crippen molar-refractivity contribution in [1.29, 1.82) is 5.26 Å². The van der Waals surface area contributed by atoms with Gasteiger partial charge in [-0.25, -0.2) is 14.0 Å². The molecule has 1 saturated carbocycles. The number of carbonyl (C=O) groups excluding carboxylic acids is 3. The summed E-state index contributed by atoms with van der Waals surface area (Å²) in [4.78, 5) is 40.0. The molecule has 1 heterocycles. The van der Waals surface area contributed by atoms with Crippen molar-refractivity contribution in [3.05, 3.63) is 29.6 Å². The molecule has 32 heavy (non-hydrogen) atoms. The van der Waals surface area contributed by atoms with Crippen LogP contribution in [0.1, 0.15) is 44.0 Å². The number of halogens is 1. The van der Waals surface area contributed by atoms with Crippen LogP contribution in [0.15, 0.2) is 18.2 Å². The molecule has 3 rings (SSSR count). The zero-order valence-corrected chi connectivity index (χ0v) is 18.5. The molecular weight excluding hydrogens is 417 g/mol. The van der Waals surface area contributed by atoms with Crippen molar-refractivity contribution in [1.82, 2.24) is 15.1 Å². The van der Waals surface area contributed by atoms with Gasteiger partial charge in [-0.1, -0.05) is 0 Å². The Morgan fingerprint density at radius 1 is 1.16 bits per heavy atom. The van der Waals surface area contributed by atoms with Crippen LogP contribution in [0.4, 0.5) is 19.7 Å². The Morgan fingerprint density at radius 3 is 2.31 bits per heavy atom. The molecule has 172 valence electrons. The lowest BCUT2D eigenvalue weighted by Crippen LogP contribution is -2.51. The number of hydrogen-bond donors (Lipinski definition) is 2. The number of urea groups is 1. The molecule has 1 saturated heterocycles. The van der Waals surface area contributed by atoms with Crippen molar-refractivity contribution in [2.24, 2.45) is 5.41 Å². The summed E-state index contributed by atoms with van der Waals surface area (Å²) in [6, 6.07) is 5.41. The third-order valence-electron chi connectivity index (χ3n) is 5.36. The first-order valence-electron chi connectivity index (χ1n) is 10.5. The van der Waals surface area contributed by atoms with Crippen molar-refractivity contribution < 1.29 is 23.5 Å². The number of anilines is 1. The summed E-state index contributed by atoms with van der Waals surface area (Å²) in [5.74, 6) is -1.09. The van der Waals surface area contributed by atoms with Gasteiger partial charge in [0, 0.05) is 38.3 Å². The predicted molar refractivity (Wildman–Crippen MR) is 114 cm³/mol. The number of nitrogens with zero attached hydrogens (tertiary/aromatic N) is 3. The van der Waals surface area contributed by atoms with E-state index in [9.17, 15) is 18.8 Å².